The van der Waals surface area contributed by atoms with Crippen LogP contribution in [0.2, 0.25) is 0 Å². The summed E-state index contributed by atoms with van der Waals surface area (Å²) >= 11 is 0. The summed E-state index contributed by atoms with van der Waals surface area (Å²) in [6.07, 6.45) is -0.496. The molecule has 3 rings (SSSR count). The van der Waals surface area contributed by atoms with Gasteiger partial charge < -0.3 is 19.6 Å². The number of nitrogens with zero attached hydrogens (tertiary/aromatic N) is 3. The zero-order valence-corrected chi connectivity index (χ0v) is 11.2. The van der Waals surface area contributed by atoms with Crippen LogP contribution < -0.4 is 4.90 Å². The molecular weight excluding hydrogens is 261 g/mol. The van der Waals surface area contributed by atoms with Crippen molar-refractivity contribution in [1.29, 1.82) is 0 Å². The Morgan fingerprint density at radius 1 is 1.20 bits per heavy atom. The van der Waals surface area contributed by atoms with Crippen LogP contribution >= 0.6 is 0 Å². The zero-order chi connectivity index (χ0) is 13.9. The highest BCUT2D eigenvalue weighted by Gasteiger charge is 2.27. The van der Waals surface area contributed by atoms with Crippen LogP contribution in [0.4, 0.5) is 10.1 Å². The van der Waals surface area contributed by atoms with Crippen molar-refractivity contribution in [1.82, 2.24) is 4.90 Å². The van der Waals surface area contributed by atoms with E-state index in [2.05, 4.69) is 9.89 Å². The number of aliphatic imine (C=N–C) groups is 1. The number of rotatable bonds is 1. The van der Waals surface area contributed by atoms with E-state index in [4.69, 9.17) is 4.74 Å². The lowest BCUT2D eigenvalue weighted by Gasteiger charge is -2.39. The van der Waals surface area contributed by atoms with Gasteiger partial charge in [0.1, 0.15) is 5.82 Å². The molecule has 0 amide bonds. The van der Waals surface area contributed by atoms with Gasteiger partial charge in [-0.25, -0.2) is 9.38 Å². The minimum atomic E-state index is -0.496. The Morgan fingerprint density at radius 3 is 2.60 bits per heavy atom. The summed E-state index contributed by atoms with van der Waals surface area (Å²) in [6.45, 7) is 3.81. The van der Waals surface area contributed by atoms with Crippen molar-refractivity contribution in [3.05, 3.63) is 30.1 Å². The van der Waals surface area contributed by atoms with Gasteiger partial charge >= 0.3 is 0 Å². The highest BCUT2D eigenvalue weighted by atomic mass is 19.1. The lowest BCUT2D eigenvalue weighted by Crippen LogP contribution is -2.54. The van der Waals surface area contributed by atoms with Gasteiger partial charge in [-0.2, -0.15) is 0 Å². The number of aliphatic hydroxyl groups is 1. The standard InChI is InChI=1S/C14H18FN3O2/c15-11-1-3-12(4-2-11)18-10-13(19)9-16-14(18)17-5-7-20-8-6-17/h1-4,13,19H,5-10H2. The van der Waals surface area contributed by atoms with Crippen molar-refractivity contribution in [2.24, 2.45) is 4.99 Å². The first-order chi connectivity index (χ1) is 9.74. The molecule has 6 heteroatoms. The highest BCUT2D eigenvalue weighted by molar-refractivity contribution is 5.96. The van der Waals surface area contributed by atoms with Crippen molar-refractivity contribution >= 4 is 11.6 Å². The summed E-state index contributed by atoms with van der Waals surface area (Å²) in [5.41, 5.74) is 0.843. The summed E-state index contributed by atoms with van der Waals surface area (Å²) in [6, 6.07) is 6.27. The lowest BCUT2D eigenvalue weighted by molar-refractivity contribution is 0.0660. The van der Waals surface area contributed by atoms with Crippen molar-refractivity contribution in [2.45, 2.75) is 6.10 Å². The molecule has 1 unspecified atom stereocenters. The number of hydrogen-bond donors (Lipinski definition) is 1. The molecule has 1 aromatic rings. The van der Waals surface area contributed by atoms with Gasteiger partial charge in [0.15, 0.2) is 0 Å². The summed E-state index contributed by atoms with van der Waals surface area (Å²) in [5.74, 6) is 0.571. The molecule has 0 radical (unpaired) electrons. The molecule has 0 saturated carbocycles. The number of β-amino-alcohol motifs (C(OH)–C–C–N with tert-alkyl or cyclic N) is 1. The third kappa shape index (κ3) is 2.76. The van der Waals surface area contributed by atoms with E-state index in [1.54, 1.807) is 12.1 Å². The van der Waals surface area contributed by atoms with Crippen LogP contribution in [0.25, 0.3) is 0 Å². The molecule has 1 aromatic carbocycles. The van der Waals surface area contributed by atoms with E-state index in [0.717, 1.165) is 24.7 Å². The minimum Gasteiger partial charge on any atom is -0.389 e. The number of ether oxygens (including phenoxy) is 1. The summed E-state index contributed by atoms with van der Waals surface area (Å²) < 4.78 is 18.4. The second-order valence-electron chi connectivity index (χ2n) is 4.98. The predicted molar refractivity (Wildman–Crippen MR) is 74.4 cm³/mol. The van der Waals surface area contributed by atoms with Crippen LogP contribution in [0, 0.1) is 5.82 Å². The fraction of sp³-hybridized carbons (Fsp3) is 0.500. The molecule has 5 nitrogen and oxygen atoms in total. The van der Waals surface area contributed by atoms with Gasteiger partial charge in [-0.1, -0.05) is 0 Å². The van der Waals surface area contributed by atoms with Gasteiger partial charge in [-0.15, -0.1) is 0 Å². The van der Waals surface area contributed by atoms with Crippen LogP contribution in [0.3, 0.4) is 0 Å². The Bertz CT molecular complexity index is 486. The molecule has 0 aromatic heterocycles. The quantitative estimate of drug-likeness (QED) is 0.822. The number of halogens is 1. The average molecular weight is 279 g/mol. The van der Waals surface area contributed by atoms with Crippen LogP contribution in [-0.2, 0) is 4.74 Å². The number of anilines is 1. The van der Waals surface area contributed by atoms with E-state index in [1.807, 2.05) is 4.90 Å². The normalized spacial score (nSPS) is 23.7. The van der Waals surface area contributed by atoms with E-state index in [9.17, 15) is 9.50 Å². The van der Waals surface area contributed by atoms with E-state index in [0.29, 0.717) is 26.3 Å². The molecule has 2 heterocycles. The minimum absolute atomic E-state index is 0.267. The van der Waals surface area contributed by atoms with Crippen LogP contribution in [-0.4, -0.2) is 61.5 Å². The third-order valence-electron chi connectivity index (χ3n) is 3.51. The van der Waals surface area contributed by atoms with Crippen LogP contribution in [0.1, 0.15) is 0 Å². The Hall–Kier alpha value is -1.66. The molecule has 1 atom stereocenters. The molecule has 1 saturated heterocycles. The first-order valence-electron chi connectivity index (χ1n) is 6.82. The maximum atomic E-state index is 13.1. The Morgan fingerprint density at radius 2 is 1.90 bits per heavy atom. The Kier molecular flexibility index (Phi) is 3.84. The summed E-state index contributed by atoms with van der Waals surface area (Å²) in [7, 11) is 0. The topological polar surface area (TPSA) is 48.3 Å². The summed E-state index contributed by atoms with van der Waals surface area (Å²) in [5, 5.41) is 9.85. The predicted octanol–water partition coefficient (Wildman–Crippen LogP) is 0.695. The molecule has 1 fully saturated rings. The van der Waals surface area contributed by atoms with Crippen LogP contribution in [0.5, 0.6) is 0 Å². The van der Waals surface area contributed by atoms with E-state index in [1.165, 1.54) is 12.1 Å². The first kappa shape index (κ1) is 13.3. The number of guanidine groups is 1. The van der Waals surface area contributed by atoms with Crippen LogP contribution in [0.15, 0.2) is 29.3 Å². The fourth-order valence-corrected chi connectivity index (χ4v) is 2.50. The molecule has 0 bridgehead atoms. The zero-order valence-electron chi connectivity index (χ0n) is 11.2. The van der Waals surface area contributed by atoms with Crippen molar-refractivity contribution in [3.8, 4) is 0 Å². The second kappa shape index (κ2) is 5.76. The van der Waals surface area contributed by atoms with Gasteiger partial charge in [0.2, 0.25) is 5.96 Å². The molecule has 108 valence electrons. The van der Waals surface area contributed by atoms with E-state index < -0.39 is 6.10 Å². The maximum Gasteiger partial charge on any atom is 0.201 e. The van der Waals surface area contributed by atoms with E-state index in [-0.39, 0.29) is 5.82 Å². The Labute approximate surface area is 117 Å². The third-order valence-corrected chi connectivity index (χ3v) is 3.51. The molecular formula is C14H18FN3O2. The lowest BCUT2D eigenvalue weighted by atomic mass is 10.2. The van der Waals surface area contributed by atoms with Gasteiger partial charge in [0.25, 0.3) is 0 Å². The number of hydrogen-bond acceptors (Lipinski definition) is 5. The Balaban J connectivity index is 1.86. The summed E-state index contributed by atoms with van der Waals surface area (Å²) in [4.78, 5) is 8.58. The SMILES string of the molecule is OC1CN=C(N2CCOCC2)N(c2ccc(F)cc2)C1. The highest BCUT2D eigenvalue weighted by Crippen LogP contribution is 2.20. The number of benzene rings is 1. The van der Waals surface area contributed by atoms with Crippen molar-refractivity contribution in [2.75, 3.05) is 44.3 Å². The smallest absolute Gasteiger partial charge is 0.201 e. The molecule has 0 aliphatic carbocycles. The number of morpholine rings is 1. The second-order valence-corrected chi connectivity index (χ2v) is 4.98. The van der Waals surface area contributed by atoms with Gasteiger partial charge in [-0.3, -0.25) is 0 Å². The molecule has 2 aliphatic heterocycles. The van der Waals surface area contributed by atoms with E-state index >= 15 is 0 Å². The first-order valence-corrected chi connectivity index (χ1v) is 6.82. The van der Waals surface area contributed by atoms with Gasteiger partial charge in [-0.05, 0) is 24.3 Å². The maximum absolute atomic E-state index is 13.1. The molecule has 0 spiro atoms. The van der Waals surface area contributed by atoms with Crippen molar-refractivity contribution in [3.63, 3.8) is 0 Å². The van der Waals surface area contributed by atoms with Crippen molar-refractivity contribution < 1.29 is 14.2 Å². The van der Waals surface area contributed by atoms with Gasteiger partial charge in [0, 0.05) is 18.8 Å². The largest absolute Gasteiger partial charge is 0.389 e. The molecule has 2 aliphatic rings. The average Bonchev–Trinajstić information content (AvgIpc) is 2.49. The molecule has 1 N–H and O–H groups in total. The monoisotopic (exact) mass is 279 g/mol. The van der Waals surface area contributed by atoms with Gasteiger partial charge in [0.05, 0.1) is 32.4 Å². The fourth-order valence-electron chi connectivity index (χ4n) is 2.50. The number of aliphatic hydroxyl groups excluding tert-OH is 1. The molecule has 20 heavy (non-hydrogen) atoms.